The molecular weight excluding hydrogens is 374 g/mol. The van der Waals surface area contributed by atoms with Crippen molar-refractivity contribution in [2.45, 2.75) is 76.4 Å². The molecule has 0 unspecified atom stereocenters. The maximum absolute atomic E-state index is 12.2. The van der Waals surface area contributed by atoms with Crippen LogP contribution in [-0.2, 0) is 16.0 Å². The third-order valence-corrected chi connectivity index (χ3v) is 5.64. The summed E-state index contributed by atoms with van der Waals surface area (Å²) < 4.78 is 0. The molecule has 0 aromatic heterocycles. The lowest BCUT2D eigenvalue weighted by Crippen LogP contribution is -2.24. The van der Waals surface area contributed by atoms with Crippen LogP contribution < -0.4 is 5.32 Å². The summed E-state index contributed by atoms with van der Waals surface area (Å²) in [7, 11) is 0. The molecule has 0 spiro atoms. The number of aliphatic hydroxyl groups excluding tert-OH is 1. The van der Waals surface area contributed by atoms with E-state index in [9.17, 15) is 14.7 Å². The van der Waals surface area contributed by atoms with Crippen molar-refractivity contribution in [2.75, 3.05) is 0 Å². The number of carbonyl (C=O) groups is 2. The third-order valence-electron chi connectivity index (χ3n) is 5.64. The molecular formula is C26H33NO3. The van der Waals surface area contributed by atoms with E-state index in [4.69, 9.17) is 0 Å². The number of amides is 1. The van der Waals surface area contributed by atoms with Crippen molar-refractivity contribution < 1.29 is 14.7 Å². The van der Waals surface area contributed by atoms with Gasteiger partial charge in [-0.15, -0.1) is 0 Å². The normalized spacial score (nSPS) is 18.0. The third kappa shape index (κ3) is 7.75. The molecule has 1 saturated carbocycles. The van der Waals surface area contributed by atoms with Gasteiger partial charge in [0.25, 0.3) is 0 Å². The fourth-order valence-corrected chi connectivity index (χ4v) is 3.67. The lowest BCUT2D eigenvalue weighted by molar-refractivity contribution is -0.121. The Morgan fingerprint density at radius 2 is 1.97 bits per heavy atom. The standard InChI is InChI=1S/C26H33NO3/c28-23(17-12-20-8-4-3-5-9-20)18-13-21-14-19-25(29)24(21)10-6-1-2-7-11-26(30)27-22-15-16-22/h1,3-6,8-9,13,18,22-23,28H,2,7,10-12,14-17,19H2,(H,27,30)/b6-1-,18-13+/t23-/m0/s1. The van der Waals surface area contributed by atoms with E-state index >= 15 is 0 Å². The zero-order valence-corrected chi connectivity index (χ0v) is 17.7. The van der Waals surface area contributed by atoms with Gasteiger partial charge in [-0.1, -0.05) is 54.6 Å². The predicted molar refractivity (Wildman–Crippen MR) is 120 cm³/mol. The Labute approximate surface area is 179 Å². The molecule has 2 N–H and O–H groups in total. The van der Waals surface area contributed by atoms with Gasteiger partial charge in [0.2, 0.25) is 5.91 Å². The van der Waals surface area contributed by atoms with Gasteiger partial charge in [-0.2, -0.15) is 0 Å². The molecule has 0 heterocycles. The molecule has 1 amide bonds. The number of aliphatic hydroxyl groups is 1. The van der Waals surface area contributed by atoms with E-state index in [1.807, 2.05) is 36.4 Å². The summed E-state index contributed by atoms with van der Waals surface area (Å²) in [4.78, 5) is 23.9. The van der Waals surface area contributed by atoms with Crippen molar-refractivity contribution in [2.24, 2.45) is 0 Å². The number of benzene rings is 1. The van der Waals surface area contributed by atoms with E-state index < -0.39 is 6.10 Å². The van der Waals surface area contributed by atoms with Crippen LogP contribution in [0.4, 0.5) is 0 Å². The fourth-order valence-electron chi connectivity index (χ4n) is 3.67. The highest BCUT2D eigenvalue weighted by Crippen LogP contribution is 2.27. The molecule has 0 saturated heterocycles. The van der Waals surface area contributed by atoms with Crippen LogP contribution in [-0.4, -0.2) is 28.9 Å². The van der Waals surface area contributed by atoms with E-state index in [2.05, 4.69) is 23.5 Å². The molecule has 1 aromatic carbocycles. The number of nitrogens with one attached hydrogen (secondary N) is 1. The quantitative estimate of drug-likeness (QED) is 0.393. The molecule has 30 heavy (non-hydrogen) atoms. The van der Waals surface area contributed by atoms with Crippen LogP contribution >= 0.6 is 0 Å². The minimum Gasteiger partial charge on any atom is -0.389 e. The first-order chi connectivity index (χ1) is 14.6. The topological polar surface area (TPSA) is 66.4 Å². The second kappa shape index (κ2) is 11.7. The Morgan fingerprint density at radius 1 is 1.17 bits per heavy atom. The molecule has 0 radical (unpaired) electrons. The van der Waals surface area contributed by atoms with Gasteiger partial charge in [0.15, 0.2) is 5.78 Å². The van der Waals surface area contributed by atoms with E-state index in [0.717, 1.165) is 49.7 Å². The second-order valence-electron chi connectivity index (χ2n) is 8.29. The number of rotatable bonds is 12. The SMILES string of the molecule is O=C(CCC/C=C\CC1=C(/C=C/[C@@H](O)CCc2ccccc2)CCC1=O)NC1CC1. The van der Waals surface area contributed by atoms with E-state index in [0.29, 0.717) is 31.7 Å². The smallest absolute Gasteiger partial charge is 0.220 e. The molecule has 4 heteroatoms. The Bertz CT molecular complexity index is 803. The first-order valence-corrected chi connectivity index (χ1v) is 11.2. The number of Topliss-reactive ketones (excluding diaryl/α,β-unsaturated/α-hetero) is 1. The van der Waals surface area contributed by atoms with Crippen molar-refractivity contribution in [1.82, 2.24) is 5.32 Å². The average Bonchev–Trinajstić information content (AvgIpc) is 3.50. The van der Waals surface area contributed by atoms with E-state index in [1.165, 1.54) is 5.56 Å². The van der Waals surface area contributed by atoms with Crippen molar-refractivity contribution in [3.63, 3.8) is 0 Å². The maximum Gasteiger partial charge on any atom is 0.220 e. The van der Waals surface area contributed by atoms with Crippen LogP contribution in [0.15, 0.2) is 65.8 Å². The van der Waals surface area contributed by atoms with Gasteiger partial charge < -0.3 is 10.4 Å². The summed E-state index contributed by atoms with van der Waals surface area (Å²) >= 11 is 0. The maximum atomic E-state index is 12.2. The Hall–Kier alpha value is -2.46. The van der Waals surface area contributed by atoms with Gasteiger partial charge in [0.1, 0.15) is 0 Å². The lowest BCUT2D eigenvalue weighted by Gasteiger charge is -2.06. The fraction of sp³-hybridized carbons (Fsp3) is 0.462. The minimum absolute atomic E-state index is 0.151. The number of hydrogen-bond donors (Lipinski definition) is 2. The summed E-state index contributed by atoms with van der Waals surface area (Å²) in [6.45, 7) is 0. The zero-order chi connectivity index (χ0) is 21.2. The highest BCUT2D eigenvalue weighted by atomic mass is 16.3. The molecule has 1 atom stereocenters. The van der Waals surface area contributed by atoms with Crippen molar-refractivity contribution >= 4 is 11.7 Å². The van der Waals surface area contributed by atoms with Crippen molar-refractivity contribution in [3.8, 4) is 0 Å². The molecule has 1 aromatic rings. The van der Waals surface area contributed by atoms with Gasteiger partial charge in [-0.05, 0) is 62.5 Å². The molecule has 0 aliphatic heterocycles. The van der Waals surface area contributed by atoms with Crippen LogP contribution in [0, 0.1) is 0 Å². The Kier molecular flexibility index (Phi) is 8.64. The molecule has 1 fully saturated rings. The molecule has 4 nitrogen and oxygen atoms in total. The zero-order valence-electron chi connectivity index (χ0n) is 17.7. The van der Waals surface area contributed by atoms with Crippen molar-refractivity contribution in [1.29, 1.82) is 0 Å². The van der Waals surface area contributed by atoms with Gasteiger partial charge >= 0.3 is 0 Å². The highest BCUT2D eigenvalue weighted by molar-refractivity contribution is 5.99. The summed E-state index contributed by atoms with van der Waals surface area (Å²) in [5.74, 6) is 0.361. The highest BCUT2D eigenvalue weighted by Gasteiger charge is 2.22. The van der Waals surface area contributed by atoms with Crippen LogP contribution in [0.1, 0.15) is 63.4 Å². The van der Waals surface area contributed by atoms with Gasteiger partial charge in [0.05, 0.1) is 6.10 Å². The summed E-state index contributed by atoms with van der Waals surface area (Å²) in [6, 6.07) is 10.6. The number of unbranched alkanes of at least 4 members (excludes halogenated alkanes) is 1. The van der Waals surface area contributed by atoms with Crippen LogP contribution in [0.3, 0.4) is 0 Å². The number of ketones is 1. The number of hydrogen-bond acceptors (Lipinski definition) is 3. The molecule has 3 rings (SSSR count). The van der Waals surface area contributed by atoms with E-state index in [1.54, 1.807) is 0 Å². The molecule has 2 aliphatic carbocycles. The van der Waals surface area contributed by atoms with Crippen LogP contribution in [0.5, 0.6) is 0 Å². The second-order valence-corrected chi connectivity index (χ2v) is 8.29. The predicted octanol–water partition coefficient (Wildman–Crippen LogP) is 4.59. The average molecular weight is 408 g/mol. The Morgan fingerprint density at radius 3 is 2.73 bits per heavy atom. The van der Waals surface area contributed by atoms with Gasteiger partial charge in [-0.3, -0.25) is 9.59 Å². The minimum atomic E-state index is -0.507. The number of aryl methyl sites for hydroxylation is 1. The van der Waals surface area contributed by atoms with E-state index in [-0.39, 0.29) is 11.7 Å². The molecule has 0 bridgehead atoms. The van der Waals surface area contributed by atoms with Crippen molar-refractivity contribution in [3.05, 3.63) is 71.3 Å². The summed E-state index contributed by atoms with van der Waals surface area (Å²) in [5, 5.41) is 13.3. The van der Waals surface area contributed by atoms with Crippen LogP contribution in [0.2, 0.25) is 0 Å². The Balaban J connectivity index is 1.40. The van der Waals surface area contributed by atoms with Gasteiger partial charge in [0, 0.05) is 24.5 Å². The molecule has 160 valence electrons. The summed E-state index contributed by atoms with van der Waals surface area (Å²) in [6.07, 6.45) is 15.3. The molecule has 2 aliphatic rings. The largest absolute Gasteiger partial charge is 0.389 e. The van der Waals surface area contributed by atoms with Gasteiger partial charge in [-0.25, -0.2) is 0 Å². The first kappa shape index (κ1) is 22.2. The summed E-state index contributed by atoms with van der Waals surface area (Å²) in [5.41, 5.74) is 3.13. The number of carbonyl (C=O) groups excluding carboxylic acids is 2. The first-order valence-electron chi connectivity index (χ1n) is 11.2. The monoisotopic (exact) mass is 407 g/mol. The number of allylic oxidation sites excluding steroid dienone is 5. The lowest BCUT2D eigenvalue weighted by atomic mass is 10.0. The van der Waals surface area contributed by atoms with Crippen LogP contribution in [0.25, 0.3) is 0 Å².